The fraction of sp³-hybridized carbons (Fsp3) is 0.294. The third-order valence-corrected chi connectivity index (χ3v) is 4.72. The molecule has 3 rings (SSSR count). The van der Waals surface area contributed by atoms with E-state index in [0.717, 1.165) is 10.4 Å². The minimum atomic E-state index is -1.56. The highest BCUT2D eigenvalue weighted by Gasteiger charge is 2.48. The van der Waals surface area contributed by atoms with Gasteiger partial charge in [-0.3, -0.25) is 9.59 Å². The van der Waals surface area contributed by atoms with Crippen LogP contribution in [-0.4, -0.2) is 29.4 Å². The van der Waals surface area contributed by atoms with Crippen LogP contribution in [-0.2, 0) is 16.1 Å². The Labute approximate surface area is 138 Å². The molecule has 0 saturated carbocycles. The van der Waals surface area contributed by atoms with E-state index in [1.807, 2.05) is 36.6 Å². The van der Waals surface area contributed by atoms with Crippen molar-refractivity contribution >= 4 is 28.8 Å². The summed E-state index contributed by atoms with van der Waals surface area (Å²) in [6.45, 7) is 3.89. The molecule has 1 atom stereocenters. The summed E-state index contributed by atoms with van der Waals surface area (Å²) in [5.41, 5.74) is 0.0486. The maximum Gasteiger partial charge on any atom is 0.278 e. The Morgan fingerprint density at radius 3 is 2.87 bits per heavy atom. The Hall–Kier alpha value is -2.34. The van der Waals surface area contributed by atoms with Gasteiger partial charge in [-0.2, -0.15) is 0 Å². The van der Waals surface area contributed by atoms with Crippen molar-refractivity contribution in [1.29, 1.82) is 0 Å². The standard InChI is InChI=1S/C17H18N2O3S/c1-11-6-7-14-13(9-11)18-15(20)17(2,22-14)16(21)19(3)10-12-5-4-8-23-12/h4-9H,10H2,1-3H3,(H,18,20). The quantitative estimate of drug-likeness (QED) is 0.881. The average Bonchev–Trinajstić information content (AvgIpc) is 3.01. The Kier molecular flexibility index (Phi) is 3.85. The molecule has 1 aromatic carbocycles. The van der Waals surface area contributed by atoms with Crippen molar-refractivity contribution in [2.24, 2.45) is 0 Å². The Morgan fingerprint density at radius 1 is 1.39 bits per heavy atom. The Balaban J connectivity index is 1.84. The minimum Gasteiger partial charge on any atom is -0.466 e. The van der Waals surface area contributed by atoms with Gasteiger partial charge in [0.15, 0.2) is 0 Å². The van der Waals surface area contributed by atoms with Crippen LogP contribution in [0.15, 0.2) is 35.7 Å². The number of ether oxygens (including phenoxy) is 1. The second-order valence-electron chi connectivity index (χ2n) is 5.83. The molecule has 0 aliphatic carbocycles. The van der Waals surface area contributed by atoms with Crippen LogP contribution in [0.2, 0.25) is 0 Å². The summed E-state index contributed by atoms with van der Waals surface area (Å²) in [5.74, 6) is -0.302. The highest BCUT2D eigenvalue weighted by Crippen LogP contribution is 2.35. The molecule has 2 heterocycles. The number of hydrogen-bond acceptors (Lipinski definition) is 4. The normalized spacial score (nSPS) is 19.5. The number of anilines is 1. The van der Waals surface area contributed by atoms with Crippen molar-refractivity contribution in [2.45, 2.75) is 26.0 Å². The fourth-order valence-electron chi connectivity index (χ4n) is 2.55. The van der Waals surface area contributed by atoms with Crippen LogP contribution in [0.3, 0.4) is 0 Å². The van der Waals surface area contributed by atoms with Gasteiger partial charge in [0.2, 0.25) is 0 Å². The van der Waals surface area contributed by atoms with E-state index in [-0.39, 0.29) is 5.91 Å². The molecular weight excluding hydrogens is 312 g/mol. The van der Waals surface area contributed by atoms with Gasteiger partial charge in [-0.1, -0.05) is 12.1 Å². The first-order valence-corrected chi connectivity index (χ1v) is 8.17. The molecule has 2 aromatic rings. The van der Waals surface area contributed by atoms with E-state index in [2.05, 4.69) is 5.32 Å². The second-order valence-corrected chi connectivity index (χ2v) is 6.86. The van der Waals surface area contributed by atoms with E-state index in [1.54, 1.807) is 24.5 Å². The molecule has 120 valence electrons. The first kappa shape index (κ1) is 15.6. The SMILES string of the molecule is Cc1ccc2c(c1)NC(=O)C(C)(C(=O)N(C)Cc1cccs1)O2. The van der Waals surface area contributed by atoms with Gasteiger partial charge in [0.25, 0.3) is 17.4 Å². The Morgan fingerprint density at radius 2 is 2.17 bits per heavy atom. The predicted octanol–water partition coefficient (Wildman–Crippen LogP) is 2.80. The molecule has 0 radical (unpaired) electrons. The number of hydrogen-bond donors (Lipinski definition) is 1. The van der Waals surface area contributed by atoms with E-state index < -0.39 is 11.5 Å². The van der Waals surface area contributed by atoms with Crippen molar-refractivity contribution in [1.82, 2.24) is 4.90 Å². The lowest BCUT2D eigenvalue weighted by molar-refractivity contribution is -0.153. The van der Waals surface area contributed by atoms with E-state index in [9.17, 15) is 9.59 Å². The monoisotopic (exact) mass is 330 g/mol. The van der Waals surface area contributed by atoms with Gasteiger partial charge in [-0.05, 0) is 43.0 Å². The number of carbonyl (C=O) groups is 2. The summed E-state index contributed by atoms with van der Waals surface area (Å²) >= 11 is 1.57. The van der Waals surface area contributed by atoms with Gasteiger partial charge in [0, 0.05) is 11.9 Å². The summed E-state index contributed by atoms with van der Waals surface area (Å²) in [6, 6.07) is 9.37. The zero-order chi connectivity index (χ0) is 16.6. The van der Waals surface area contributed by atoms with Gasteiger partial charge in [-0.25, -0.2) is 0 Å². The third kappa shape index (κ3) is 2.82. The number of nitrogens with one attached hydrogen (secondary N) is 1. The van der Waals surface area contributed by atoms with Gasteiger partial charge in [-0.15, -0.1) is 11.3 Å². The van der Waals surface area contributed by atoms with E-state index in [4.69, 9.17) is 4.74 Å². The van der Waals surface area contributed by atoms with Gasteiger partial charge in [0.05, 0.1) is 12.2 Å². The lowest BCUT2D eigenvalue weighted by Crippen LogP contribution is -2.58. The van der Waals surface area contributed by atoms with Crippen LogP contribution < -0.4 is 10.1 Å². The van der Waals surface area contributed by atoms with Gasteiger partial charge in [0.1, 0.15) is 5.75 Å². The van der Waals surface area contributed by atoms with E-state index >= 15 is 0 Å². The molecule has 0 saturated heterocycles. The van der Waals surface area contributed by atoms with Gasteiger partial charge < -0.3 is 15.0 Å². The predicted molar refractivity (Wildman–Crippen MR) is 89.6 cm³/mol. The van der Waals surface area contributed by atoms with Crippen molar-refractivity contribution in [2.75, 3.05) is 12.4 Å². The number of fused-ring (bicyclic) bond motifs is 1. The lowest BCUT2D eigenvalue weighted by Gasteiger charge is -2.35. The van der Waals surface area contributed by atoms with Crippen molar-refractivity contribution in [3.8, 4) is 5.75 Å². The molecule has 1 N–H and O–H groups in total. The van der Waals surface area contributed by atoms with E-state index in [1.165, 1.54) is 11.8 Å². The van der Waals surface area contributed by atoms with Gasteiger partial charge >= 0.3 is 0 Å². The van der Waals surface area contributed by atoms with Crippen molar-refractivity contribution < 1.29 is 14.3 Å². The molecule has 2 amide bonds. The van der Waals surface area contributed by atoms with Crippen LogP contribution >= 0.6 is 11.3 Å². The number of carbonyl (C=O) groups excluding carboxylic acids is 2. The summed E-state index contributed by atoms with van der Waals surface area (Å²) < 4.78 is 5.79. The number of thiophene rings is 1. The molecule has 0 spiro atoms. The topological polar surface area (TPSA) is 58.6 Å². The second kappa shape index (κ2) is 5.70. The highest BCUT2D eigenvalue weighted by molar-refractivity contribution is 7.09. The zero-order valence-corrected chi connectivity index (χ0v) is 14.1. The van der Waals surface area contributed by atoms with Crippen LogP contribution in [0, 0.1) is 6.92 Å². The first-order chi connectivity index (χ1) is 10.9. The lowest BCUT2D eigenvalue weighted by atomic mass is 10.0. The van der Waals surface area contributed by atoms with Crippen molar-refractivity contribution in [3.63, 3.8) is 0 Å². The number of amides is 2. The summed E-state index contributed by atoms with van der Waals surface area (Å²) in [7, 11) is 1.68. The average molecular weight is 330 g/mol. The smallest absolute Gasteiger partial charge is 0.278 e. The Bertz CT molecular complexity index is 757. The summed E-state index contributed by atoms with van der Waals surface area (Å²) in [5, 5.41) is 4.73. The molecule has 1 aliphatic heterocycles. The minimum absolute atomic E-state index is 0.366. The molecule has 1 aliphatic rings. The maximum atomic E-state index is 12.8. The van der Waals surface area contributed by atoms with Crippen LogP contribution in [0.1, 0.15) is 17.4 Å². The van der Waals surface area contributed by atoms with E-state index in [0.29, 0.717) is 18.0 Å². The molecular formula is C17H18N2O3S. The molecule has 23 heavy (non-hydrogen) atoms. The molecule has 6 heteroatoms. The van der Waals surface area contributed by atoms with Crippen LogP contribution in [0.25, 0.3) is 0 Å². The summed E-state index contributed by atoms with van der Waals surface area (Å²) in [6.07, 6.45) is 0. The van der Waals surface area contributed by atoms with Crippen LogP contribution in [0.5, 0.6) is 5.75 Å². The summed E-state index contributed by atoms with van der Waals surface area (Å²) in [4.78, 5) is 27.8. The number of aryl methyl sites for hydroxylation is 1. The number of likely N-dealkylation sites (N-methyl/N-ethyl adjacent to an activating group) is 1. The molecule has 0 fully saturated rings. The molecule has 0 bridgehead atoms. The fourth-order valence-corrected chi connectivity index (χ4v) is 3.31. The maximum absolute atomic E-state index is 12.8. The molecule has 1 aromatic heterocycles. The first-order valence-electron chi connectivity index (χ1n) is 7.29. The highest BCUT2D eigenvalue weighted by atomic mass is 32.1. The third-order valence-electron chi connectivity index (χ3n) is 3.86. The number of nitrogens with zero attached hydrogens (tertiary/aromatic N) is 1. The number of benzene rings is 1. The largest absolute Gasteiger partial charge is 0.466 e. The molecule has 1 unspecified atom stereocenters. The van der Waals surface area contributed by atoms with Crippen molar-refractivity contribution in [3.05, 3.63) is 46.2 Å². The number of rotatable bonds is 3. The van der Waals surface area contributed by atoms with Crippen LogP contribution in [0.4, 0.5) is 5.69 Å². The molecule has 5 nitrogen and oxygen atoms in total. The zero-order valence-electron chi connectivity index (χ0n) is 13.3.